The molecule has 104 valence electrons. The third-order valence-corrected chi connectivity index (χ3v) is 3.77. The van der Waals surface area contributed by atoms with E-state index < -0.39 is 0 Å². The predicted octanol–water partition coefficient (Wildman–Crippen LogP) is 2.30. The van der Waals surface area contributed by atoms with Gasteiger partial charge in [0.25, 0.3) is 0 Å². The molecule has 2 aromatic heterocycles. The summed E-state index contributed by atoms with van der Waals surface area (Å²) in [5, 5.41) is 3.10. The minimum Gasteiger partial charge on any atom is -0.373 e. The monoisotopic (exact) mass is 269 g/mol. The van der Waals surface area contributed by atoms with E-state index in [1.807, 2.05) is 19.2 Å². The fourth-order valence-electron chi connectivity index (χ4n) is 2.65. The van der Waals surface area contributed by atoms with Crippen LogP contribution in [0.15, 0.2) is 36.7 Å². The van der Waals surface area contributed by atoms with Crippen LogP contribution in [0, 0.1) is 0 Å². The quantitative estimate of drug-likeness (QED) is 0.926. The van der Waals surface area contributed by atoms with E-state index in [-0.39, 0.29) is 0 Å². The van der Waals surface area contributed by atoms with Gasteiger partial charge < -0.3 is 10.2 Å². The summed E-state index contributed by atoms with van der Waals surface area (Å²) in [6.45, 7) is 1.97. The van der Waals surface area contributed by atoms with Crippen LogP contribution in [0.2, 0.25) is 0 Å². The lowest BCUT2D eigenvalue weighted by Gasteiger charge is -2.31. The Morgan fingerprint density at radius 3 is 2.55 bits per heavy atom. The summed E-state index contributed by atoms with van der Waals surface area (Å²) in [7, 11) is 1.90. The summed E-state index contributed by atoms with van der Waals surface area (Å²) in [5.74, 6) is 2.31. The summed E-state index contributed by atoms with van der Waals surface area (Å²) >= 11 is 0. The smallest absolute Gasteiger partial charge is 0.225 e. The first kappa shape index (κ1) is 12.8. The lowest BCUT2D eigenvalue weighted by molar-refractivity contribution is 0.491. The van der Waals surface area contributed by atoms with Gasteiger partial charge >= 0.3 is 0 Å². The number of rotatable bonds is 3. The molecular weight excluding hydrogens is 250 g/mol. The van der Waals surface area contributed by atoms with Crippen molar-refractivity contribution in [1.29, 1.82) is 0 Å². The fourth-order valence-corrected chi connectivity index (χ4v) is 2.65. The van der Waals surface area contributed by atoms with Gasteiger partial charge in [-0.1, -0.05) is 6.07 Å². The van der Waals surface area contributed by atoms with Crippen LogP contribution < -0.4 is 10.2 Å². The van der Waals surface area contributed by atoms with Gasteiger partial charge in [0.2, 0.25) is 5.95 Å². The second kappa shape index (κ2) is 5.86. The van der Waals surface area contributed by atoms with Crippen LogP contribution >= 0.6 is 0 Å². The van der Waals surface area contributed by atoms with E-state index in [0.717, 1.165) is 37.7 Å². The summed E-state index contributed by atoms with van der Waals surface area (Å²) in [6.07, 6.45) is 5.79. The summed E-state index contributed by atoms with van der Waals surface area (Å²) in [5.41, 5.74) is 1.19. The number of pyridine rings is 1. The highest BCUT2D eigenvalue weighted by Crippen LogP contribution is 2.28. The maximum atomic E-state index is 4.65. The van der Waals surface area contributed by atoms with Crippen LogP contribution in [0.1, 0.15) is 24.5 Å². The van der Waals surface area contributed by atoms with Crippen LogP contribution in [0.4, 0.5) is 11.8 Å². The number of nitrogens with one attached hydrogen (secondary N) is 1. The van der Waals surface area contributed by atoms with Gasteiger partial charge in [0.15, 0.2) is 0 Å². The summed E-state index contributed by atoms with van der Waals surface area (Å²) in [4.78, 5) is 15.5. The molecule has 0 spiro atoms. The molecule has 0 atom stereocenters. The zero-order valence-electron chi connectivity index (χ0n) is 11.7. The molecule has 1 fully saturated rings. The molecule has 0 aromatic carbocycles. The van der Waals surface area contributed by atoms with Gasteiger partial charge in [-0.2, -0.15) is 0 Å². The molecule has 3 rings (SSSR count). The Hall–Kier alpha value is -2.17. The molecular formula is C15H19N5. The number of hydrogen-bond donors (Lipinski definition) is 1. The summed E-state index contributed by atoms with van der Waals surface area (Å²) in [6, 6.07) is 8.04. The molecule has 5 heteroatoms. The van der Waals surface area contributed by atoms with Crippen molar-refractivity contribution in [3.05, 3.63) is 42.4 Å². The van der Waals surface area contributed by atoms with Crippen LogP contribution in [-0.2, 0) is 0 Å². The van der Waals surface area contributed by atoms with Crippen molar-refractivity contribution in [2.75, 3.05) is 30.4 Å². The van der Waals surface area contributed by atoms with E-state index in [2.05, 4.69) is 37.3 Å². The van der Waals surface area contributed by atoms with Gasteiger partial charge in [0.1, 0.15) is 5.82 Å². The normalized spacial score (nSPS) is 16.1. The lowest BCUT2D eigenvalue weighted by Crippen LogP contribution is -2.34. The zero-order chi connectivity index (χ0) is 13.8. The second-order valence-electron chi connectivity index (χ2n) is 5.01. The highest BCUT2D eigenvalue weighted by atomic mass is 15.2. The second-order valence-corrected chi connectivity index (χ2v) is 5.01. The Balaban J connectivity index is 1.66. The van der Waals surface area contributed by atoms with Gasteiger partial charge in [-0.05, 0) is 31.0 Å². The highest BCUT2D eigenvalue weighted by molar-refractivity contribution is 5.36. The number of anilines is 2. The predicted molar refractivity (Wildman–Crippen MR) is 80.0 cm³/mol. The molecule has 0 aliphatic carbocycles. The third-order valence-electron chi connectivity index (χ3n) is 3.77. The number of hydrogen-bond acceptors (Lipinski definition) is 5. The summed E-state index contributed by atoms with van der Waals surface area (Å²) < 4.78 is 0. The van der Waals surface area contributed by atoms with Gasteiger partial charge in [0.05, 0.1) is 0 Å². The largest absolute Gasteiger partial charge is 0.373 e. The number of nitrogens with zero attached hydrogens (tertiary/aromatic N) is 4. The minimum atomic E-state index is 0.531. The van der Waals surface area contributed by atoms with Crippen molar-refractivity contribution in [3.8, 4) is 0 Å². The maximum Gasteiger partial charge on any atom is 0.225 e. The van der Waals surface area contributed by atoms with E-state index in [4.69, 9.17) is 0 Å². The highest BCUT2D eigenvalue weighted by Gasteiger charge is 2.22. The Bertz CT molecular complexity index is 549. The molecule has 0 saturated carbocycles. The average molecular weight is 269 g/mol. The van der Waals surface area contributed by atoms with Crippen molar-refractivity contribution in [2.45, 2.75) is 18.8 Å². The molecule has 1 N–H and O–H groups in total. The fraction of sp³-hybridized carbons (Fsp3) is 0.400. The lowest BCUT2D eigenvalue weighted by atomic mass is 9.93. The SMILES string of the molecule is CNc1cccc(C2CCN(c3ncccn3)CC2)n1. The van der Waals surface area contributed by atoms with E-state index in [9.17, 15) is 0 Å². The maximum absolute atomic E-state index is 4.65. The molecule has 0 amide bonds. The standard InChI is InChI=1S/C15H19N5/c1-16-14-5-2-4-13(19-14)12-6-10-20(11-7-12)15-17-8-3-9-18-15/h2-5,8-9,12H,6-7,10-11H2,1H3,(H,16,19). The molecule has 1 saturated heterocycles. The van der Waals surface area contributed by atoms with Crippen molar-refractivity contribution in [3.63, 3.8) is 0 Å². The molecule has 0 unspecified atom stereocenters. The number of piperidine rings is 1. The van der Waals surface area contributed by atoms with E-state index >= 15 is 0 Å². The first-order chi connectivity index (χ1) is 9.86. The third kappa shape index (κ3) is 2.71. The van der Waals surface area contributed by atoms with Crippen molar-refractivity contribution < 1.29 is 0 Å². The topological polar surface area (TPSA) is 53.9 Å². The van der Waals surface area contributed by atoms with Crippen LogP contribution in [0.3, 0.4) is 0 Å². The van der Waals surface area contributed by atoms with Crippen LogP contribution in [0.25, 0.3) is 0 Å². The van der Waals surface area contributed by atoms with Gasteiger partial charge in [-0.25, -0.2) is 15.0 Å². The Labute approximate surface area is 119 Å². The molecule has 3 heterocycles. The van der Waals surface area contributed by atoms with Crippen LogP contribution in [-0.4, -0.2) is 35.1 Å². The Morgan fingerprint density at radius 1 is 1.10 bits per heavy atom. The van der Waals surface area contributed by atoms with Gasteiger partial charge in [-0.3, -0.25) is 0 Å². The number of aromatic nitrogens is 3. The van der Waals surface area contributed by atoms with Gasteiger partial charge in [-0.15, -0.1) is 0 Å². The zero-order valence-corrected chi connectivity index (χ0v) is 11.7. The molecule has 5 nitrogen and oxygen atoms in total. The van der Waals surface area contributed by atoms with E-state index in [0.29, 0.717) is 5.92 Å². The van der Waals surface area contributed by atoms with Gasteiger partial charge in [0, 0.05) is 44.1 Å². The van der Waals surface area contributed by atoms with E-state index in [1.165, 1.54) is 5.69 Å². The Kier molecular flexibility index (Phi) is 3.76. The first-order valence-corrected chi connectivity index (χ1v) is 7.03. The van der Waals surface area contributed by atoms with Crippen molar-refractivity contribution in [1.82, 2.24) is 15.0 Å². The van der Waals surface area contributed by atoms with Crippen molar-refractivity contribution in [2.24, 2.45) is 0 Å². The van der Waals surface area contributed by atoms with Crippen LogP contribution in [0.5, 0.6) is 0 Å². The van der Waals surface area contributed by atoms with Crippen molar-refractivity contribution >= 4 is 11.8 Å². The Morgan fingerprint density at radius 2 is 1.85 bits per heavy atom. The first-order valence-electron chi connectivity index (χ1n) is 7.03. The molecule has 1 aliphatic rings. The average Bonchev–Trinajstić information content (AvgIpc) is 2.56. The molecule has 0 radical (unpaired) electrons. The molecule has 0 bridgehead atoms. The minimum absolute atomic E-state index is 0.531. The van der Waals surface area contributed by atoms with E-state index in [1.54, 1.807) is 12.4 Å². The molecule has 2 aromatic rings. The molecule has 20 heavy (non-hydrogen) atoms. The molecule has 1 aliphatic heterocycles.